The van der Waals surface area contributed by atoms with Gasteiger partial charge in [0, 0.05) is 5.56 Å². The quantitative estimate of drug-likeness (QED) is 0.859. The van der Waals surface area contributed by atoms with Gasteiger partial charge in [-0.2, -0.15) is 0 Å². The fraction of sp³-hybridized carbons (Fsp3) is 0.188. The topological polar surface area (TPSA) is 47.6 Å². The molecular weight excluding hydrogens is 273 g/mol. The normalized spacial score (nSPS) is 11.6. The molecule has 2 rings (SSSR count). The maximum atomic E-state index is 13.8. The van der Waals surface area contributed by atoms with Crippen LogP contribution in [0.5, 0.6) is 5.75 Å². The summed E-state index contributed by atoms with van der Waals surface area (Å²) in [5, 5.41) is 2.86. The van der Waals surface area contributed by atoms with E-state index in [0.717, 1.165) is 0 Å². The van der Waals surface area contributed by atoms with E-state index in [1.54, 1.807) is 42.5 Å². The lowest BCUT2D eigenvalue weighted by Crippen LogP contribution is -2.23. The SMILES string of the molecule is COC(=O)C(Nc1ccccc1F)c1ccccc1OC. The maximum absolute atomic E-state index is 13.8. The van der Waals surface area contributed by atoms with Gasteiger partial charge in [-0.05, 0) is 18.2 Å². The van der Waals surface area contributed by atoms with E-state index in [-0.39, 0.29) is 5.69 Å². The van der Waals surface area contributed by atoms with Gasteiger partial charge in [0.2, 0.25) is 0 Å². The zero-order valence-electron chi connectivity index (χ0n) is 11.8. The molecule has 1 atom stereocenters. The molecule has 0 saturated carbocycles. The van der Waals surface area contributed by atoms with E-state index in [4.69, 9.17) is 9.47 Å². The van der Waals surface area contributed by atoms with E-state index in [9.17, 15) is 9.18 Å². The Hall–Kier alpha value is -2.56. The van der Waals surface area contributed by atoms with Crippen molar-refractivity contribution in [3.05, 3.63) is 59.9 Å². The monoisotopic (exact) mass is 289 g/mol. The molecule has 0 spiro atoms. The molecule has 110 valence electrons. The van der Waals surface area contributed by atoms with E-state index in [0.29, 0.717) is 11.3 Å². The Morgan fingerprint density at radius 1 is 1.10 bits per heavy atom. The summed E-state index contributed by atoms with van der Waals surface area (Å²) < 4.78 is 23.8. The fourth-order valence-corrected chi connectivity index (χ4v) is 2.02. The van der Waals surface area contributed by atoms with Gasteiger partial charge in [-0.15, -0.1) is 0 Å². The molecule has 0 aromatic heterocycles. The minimum Gasteiger partial charge on any atom is -0.496 e. The molecular formula is C16H16FNO3. The maximum Gasteiger partial charge on any atom is 0.333 e. The van der Waals surface area contributed by atoms with Gasteiger partial charge < -0.3 is 14.8 Å². The molecule has 5 heteroatoms. The Morgan fingerprint density at radius 3 is 2.43 bits per heavy atom. The molecule has 2 aromatic rings. The molecule has 0 bridgehead atoms. The van der Waals surface area contributed by atoms with E-state index >= 15 is 0 Å². The van der Waals surface area contributed by atoms with Crippen molar-refractivity contribution in [3.63, 3.8) is 0 Å². The van der Waals surface area contributed by atoms with Crippen LogP contribution < -0.4 is 10.1 Å². The average molecular weight is 289 g/mol. The lowest BCUT2D eigenvalue weighted by molar-refractivity contribution is -0.141. The number of nitrogens with one attached hydrogen (secondary N) is 1. The number of para-hydroxylation sites is 2. The minimum atomic E-state index is -0.858. The van der Waals surface area contributed by atoms with Crippen LogP contribution in [0.25, 0.3) is 0 Å². The first-order valence-electron chi connectivity index (χ1n) is 6.39. The van der Waals surface area contributed by atoms with Crippen molar-refractivity contribution in [2.24, 2.45) is 0 Å². The van der Waals surface area contributed by atoms with Gasteiger partial charge >= 0.3 is 5.97 Å². The van der Waals surface area contributed by atoms with E-state index in [1.807, 2.05) is 0 Å². The van der Waals surface area contributed by atoms with Crippen LogP contribution in [0, 0.1) is 5.82 Å². The molecule has 0 heterocycles. The van der Waals surface area contributed by atoms with Gasteiger partial charge in [0.05, 0.1) is 19.9 Å². The number of esters is 1. The molecule has 0 aliphatic carbocycles. The third-order valence-electron chi connectivity index (χ3n) is 3.06. The smallest absolute Gasteiger partial charge is 0.333 e. The number of anilines is 1. The van der Waals surface area contributed by atoms with Crippen molar-refractivity contribution >= 4 is 11.7 Å². The number of carbonyl (C=O) groups excluding carboxylic acids is 1. The molecule has 0 radical (unpaired) electrons. The summed E-state index contributed by atoms with van der Waals surface area (Å²) in [7, 11) is 2.80. The van der Waals surface area contributed by atoms with Gasteiger partial charge in [-0.3, -0.25) is 0 Å². The van der Waals surface area contributed by atoms with Gasteiger partial charge in [-0.1, -0.05) is 30.3 Å². The molecule has 1 unspecified atom stereocenters. The highest BCUT2D eigenvalue weighted by atomic mass is 19.1. The van der Waals surface area contributed by atoms with Crippen LogP contribution >= 0.6 is 0 Å². The highest BCUT2D eigenvalue weighted by Gasteiger charge is 2.25. The fourth-order valence-electron chi connectivity index (χ4n) is 2.02. The summed E-state index contributed by atoms with van der Waals surface area (Å²) in [6.45, 7) is 0. The number of hydrogen-bond donors (Lipinski definition) is 1. The predicted molar refractivity (Wildman–Crippen MR) is 77.8 cm³/mol. The lowest BCUT2D eigenvalue weighted by atomic mass is 10.1. The Morgan fingerprint density at radius 2 is 1.76 bits per heavy atom. The zero-order chi connectivity index (χ0) is 15.2. The molecule has 1 N–H and O–H groups in total. The number of hydrogen-bond acceptors (Lipinski definition) is 4. The van der Waals surface area contributed by atoms with Gasteiger partial charge in [0.1, 0.15) is 11.6 Å². The standard InChI is InChI=1S/C16H16FNO3/c1-20-14-10-6-3-7-11(14)15(16(19)21-2)18-13-9-5-4-8-12(13)17/h3-10,15,18H,1-2H3. The number of ether oxygens (including phenoxy) is 2. The summed E-state index contributed by atoms with van der Waals surface area (Å²) in [5.74, 6) is -0.444. The largest absolute Gasteiger partial charge is 0.496 e. The summed E-state index contributed by atoms with van der Waals surface area (Å²) >= 11 is 0. The first-order chi connectivity index (χ1) is 10.2. The van der Waals surface area contributed by atoms with Crippen molar-refractivity contribution < 1.29 is 18.7 Å². The van der Waals surface area contributed by atoms with E-state index < -0.39 is 17.8 Å². The number of rotatable bonds is 5. The van der Waals surface area contributed by atoms with E-state index in [1.165, 1.54) is 20.3 Å². The van der Waals surface area contributed by atoms with Crippen LogP contribution in [0.2, 0.25) is 0 Å². The summed E-state index contributed by atoms with van der Waals surface area (Å²) in [4.78, 5) is 12.0. The van der Waals surface area contributed by atoms with Crippen LogP contribution in [0.1, 0.15) is 11.6 Å². The zero-order valence-corrected chi connectivity index (χ0v) is 11.8. The highest BCUT2D eigenvalue weighted by Crippen LogP contribution is 2.29. The van der Waals surface area contributed by atoms with Crippen LogP contribution in [0.15, 0.2) is 48.5 Å². The second-order valence-electron chi connectivity index (χ2n) is 4.32. The molecule has 21 heavy (non-hydrogen) atoms. The first-order valence-corrected chi connectivity index (χ1v) is 6.39. The second kappa shape index (κ2) is 6.74. The van der Waals surface area contributed by atoms with Gasteiger partial charge in [-0.25, -0.2) is 9.18 Å². The summed E-state index contributed by atoms with van der Waals surface area (Å²) in [5.41, 5.74) is 0.800. The van der Waals surface area contributed by atoms with Gasteiger partial charge in [0.15, 0.2) is 6.04 Å². The molecule has 4 nitrogen and oxygen atoms in total. The van der Waals surface area contributed by atoms with Crippen molar-refractivity contribution in [3.8, 4) is 5.75 Å². The number of halogens is 1. The Balaban J connectivity index is 2.40. The molecule has 0 saturated heterocycles. The molecule has 0 fully saturated rings. The van der Waals surface area contributed by atoms with Crippen molar-refractivity contribution in [2.45, 2.75) is 6.04 Å². The lowest BCUT2D eigenvalue weighted by Gasteiger charge is -2.20. The summed E-state index contributed by atoms with van der Waals surface area (Å²) in [6, 6.07) is 12.3. The summed E-state index contributed by atoms with van der Waals surface area (Å²) in [6.07, 6.45) is 0. The number of carbonyl (C=O) groups is 1. The molecule has 2 aromatic carbocycles. The van der Waals surface area contributed by atoms with Crippen LogP contribution in [0.3, 0.4) is 0 Å². The number of methoxy groups -OCH3 is 2. The Kier molecular flexibility index (Phi) is 4.77. The molecule has 0 amide bonds. The van der Waals surface area contributed by atoms with Crippen molar-refractivity contribution in [1.29, 1.82) is 0 Å². The second-order valence-corrected chi connectivity index (χ2v) is 4.32. The van der Waals surface area contributed by atoms with Gasteiger partial charge in [0.25, 0.3) is 0 Å². The number of benzene rings is 2. The third kappa shape index (κ3) is 3.31. The van der Waals surface area contributed by atoms with E-state index in [2.05, 4.69) is 5.32 Å². The first kappa shape index (κ1) is 14.8. The van der Waals surface area contributed by atoms with Crippen LogP contribution in [0.4, 0.5) is 10.1 Å². The molecule has 0 aliphatic rings. The predicted octanol–water partition coefficient (Wildman–Crippen LogP) is 3.16. The Bertz CT molecular complexity index is 630. The Labute approximate surface area is 122 Å². The highest BCUT2D eigenvalue weighted by molar-refractivity contribution is 5.82. The van der Waals surface area contributed by atoms with Crippen LogP contribution in [-0.2, 0) is 9.53 Å². The van der Waals surface area contributed by atoms with Crippen LogP contribution in [-0.4, -0.2) is 20.2 Å². The van der Waals surface area contributed by atoms with Crippen molar-refractivity contribution in [1.82, 2.24) is 0 Å². The minimum absolute atomic E-state index is 0.221. The molecule has 0 aliphatic heterocycles. The third-order valence-corrected chi connectivity index (χ3v) is 3.06. The average Bonchev–Trinajstić information content (AvgIpc) is 2.53. The van der Waals surface area contributed by atoms with Crippen molar-refractivity contribution in [2.75, 3.05) is 19.5 Å².